The molecule has 112 valence electrons. The lowest BCUT2D eigenvalue weighted by Crippen LogP contribution is -3.11. The minimum absolute atomic E-state index is 0.871. The Kier molecular flexibility index (Phi) is 3.82. The van der Waals surface area contributed by atoms with Gasteiger partial charge in [-0.15, -0.1) is 0 Å². The largest absolute Gasteiger partial charge is 0.306 e. The highest BCUT2D eigenvalue weighted by atomic mass is 15.1. The van der Waals surface area contributed by atoms with E-state index < -0.39 is 0 Å². The molecule has 0 aromatic heterocycles. The van der Waals surface area contributed by atoms with E-state index in [-0.39, 0.29) is 0 Å². The molecule has 0 spiro atoms. The molecule has 1 fully saturated rings. The van der Waals surface area contributed by atoms with Gasteiger partial charge in [-0.2, -0.15) is 0 Å². The van der Waals surface area contributed by atoms with Crippen LogP contribution in [0.5, 0.6) is 0 Å². The Labute approximate surface area is 133 Å². The molecule has 4 rings (SSSR count). The van der Waals surface area contributed by atoms with Gasteiger partial charge in [0.1, 0.15) is 5.70 Å². The van der Waals surface area contributed by atoms with Gasteiger partial charge in [0.2, 0.25) is 0 Å². The fourth-order valence-electron chi connectivity index (χ4n) is 4.01. The van der Waals surface area contributed by atoms with Crippen LogP contribution in [0.2, 0.25) is 0 Å². The third-order valence-electron chi connectivity index (χ3n) is 5.30. The zero-order chi connectivity index (χ0) is 14.8. The van der Waals surface area contributed by atoms with Crippen LogP contribution >= 0.6 is 0 Å². The highest BCUT2D eigenvalue weighted by Gasteiger charge is 2.27. The average molecular weight is 290 g/mol. The maximum atomic E-state index is 2.43. The third kappa shape index (κ3) is 2.86. The fourth-order valence-corrected chi connectivity index (χ4v) is 4.01. The van der Waals surface area contributed by atoms with Crippen LogP contribution in [0.15, 0.2) is 60.3 Å². The smallest absolute Gasteiger partial charge is 0.112 e. The number of rotatable bonds is 3. The van der Waals surface area contributed by atoms with E-state index in [4.69, 9.17) is 0 Å². The van der Waals surface area contributed by atoms with Gasteiger partial charge in [-0.1, -0.05) is 54.6 Å². The second-order valence-corrected chi connectivity index (χ2v) is 6.78. The standard InChI is InChI=1S/C21H23N/c1-2-6-17(7-3-1)14-18-10-12-22(13-11-18)21-15-19-8-4-5-9-20(19)16-21/h1-9,15,18H,10-14,16H2/p+1. The topological polar surface area (TPSA) is 4.44 Å². The predicted molar refractivity (Wildman–Crippen MR) is 91.7 cm³/mol. The van der Waals surface area contributed by atoms with Gasteiger partial charge in [0.05, 0.1) is 13.1 Å². The van der Waals surface area contributed by atoms with E-state index >= 15 is 0 Å². The Morgan fingerprint density at radius 3 is 2.36 bits per heavy atom. The van der Waals surface area contributed by atoms with Crippen molar-refractivity contribution in [1.82, 2.24) is 0 Å². The Morgan fingerprint density at radius 2 is 1.59 bits per heavy atom. The summed E-state index contributed by atoms with van der Waals surface area (Å²) in [6.45, 7) is 2.61. The summed E-state index contributed by atoms with van der Waals surface area (Å²) in [4.78, 5) is 1.72. The zero-order valence-corrected chi connectivity index (χ0v) is 13.1. The number of piperidine rings is 1. The van der Waals surface area contributed by atoms with Gasteiger partial charge in [-0.25, -0.2) is 0 Å². The number of nitrogens with one attached hydrogen (secondary N) is 1. The van der Waals surface area contributed by atoms with Crippen molar-refractivity contribution in [3.8, 4) is 0 Å². The summed E-state index contributed by atoms with van der Waals surface area (Å²) in [6, 6.07) is 19.8. The van der Waals surface area contributed by atoms with Crippen LogP contribution in [0.1, 0.15) is 29.5 Å². The van der Waals surface area contributed by atoms with Crippen LogP contribution in [0.25, 0.3) is 6.08 Å². The molecule has 1 heterocycles. The molecule has 2 aromatic carbocycles. The summed E-state index contributed by atoms with van der Waals surface area (Å²) in [7, 11) is 0. The molecule has 1 heteroatoms. The quantitative estimate of drug-likeness (QED) is 0.886. The Balaban J connectivity index is 1.35. The third-order valence-corrected chi connectivity index (χ3v) is 5.30. The molecule has 0 saturated carbocycles. The van der Waals surface area contributed by atoms with Crippen molar-refractivity contribution >= 4 is 6.08 Å². The van der Waals surface area contributed by atoms with E-state index in [0.29, 0.717) is 0 Å². The molecule has 2 aliphatic rings. The van der Waals surface area contributed by atoms with E-state index in [1.165, 1.54) is 49.0 Å². The zero-order valence-electron chi connectivity index (χ0n) is 13.1. The maximum absolute atomic E-state index is 2.43. The van der Waals surface area contributed by atoms with Crippen molar-refractivity contribution in [3.05, 3.63) is 77.0 Å². The minimum Gasteiger partial charge on any atom is -0.306 e. The van der Waals surface area contributed by atoms with Crippen molar-refractivity contribution in [3.63, 3.8) is 0 Å². The Morgan fingerprint density at radius 1 is 0.864 bits per heavy atom. The van der Waals surface area contributed by atoms with Crippen molar-refractivity contribution in [2.24, 2.45) is 5.92 Å². The number of hydrogen-bond donors (Lipinski definition) is 1. The van der Waals surface area contributed by atoms with E-state index in [1.54, 1.807) is 10.6 Å². The normalized spacial score (nSPS) is 23.9. The predicted octanol–water partition coefficient (Wildman–Crippen LogP) is 3.12. The van der Waals surface area contributed by atoms with E-state index in [1.807, 2.05) is 0 Å². The minimum atomic E-state index is 0.871. The molecule has 1 nitrogen and oxygen atoms in total. The first kappa shape index (κ1) is 13.8. The molecule has 1 saturated heterocycles. The lowest BCUT2D eigenvalue weighted by Gasteiger charge is -2.29. The lowest BCUT2D eigenvalue weighted by atomic mass is 9.90. The number of benzene rings is 2. The number of likely N-dealkylation sites (tertiary alicyclic amines) is 1. The Hall–Kier alpha value is -1.86. The molecule has 1 N–H and O–H groups in total. The van der Waals surface area contributed by atoms with Gasteiger partial charge in [-0.3, -0.25) is 0 Å². The van der Waals surface area contributed by atoms with E-state index in [9.17, 15) is 0 Å². The molecule has 0 radical (unpaired) electrons. The van der Waals surface area contributed by atoms with Crippen LogP contribution in [0, 0.1) is 5.92 Å². The number of quaternary nitrogens is 1. The lowest BCUT2D eigenvalue weighted by molar-refractivity contribution is -0.867. The number of hydrogen-bond acceptors (Lipinski definition) is 0. The first-order chi connectivity index (χ1) is 10.9. The molecule has 0 bridgehead atoms. The SMILES string of the molecule is C1=C([NH+]2CCC(Cc3ccccc3)CC2)Cc2ccccc21. The molecule has 0 unspecified atom stereocenters. The van der Waals surface area contributed by atoms with Crippen LogP contribution in [0.4, 0.5) is 0 Å². The van der Waals surface area contributed by atoms with Crippen molar-refractivity contribution in [2.45, 2.75) is 25.7 Å². The molecule has 0 atom stereocenters. The van der Waals surface area contributed by atoms with Crippen LogP contribution in [-0.4, -0.2) is 13.1 Å². The monoisotopic (exact) mass is 290 g/mol. The first-order valence-corrected chi connectivity index (χ1v) is 8.56. The van der Waals surface area contributed by atoms with Gasteiger partial charge in [0.25, 0.3) is 0 Å². The molecular weight excluding hydrogens is 266 g/mol. The summed E-state index contributed by atoms with van der Waals surface area (Å²) in [5, 5.41) is 0. The number of fused-ring (bicyclic) bond motifs is 1. The second kappa shape index (κ2) is 6.10. The van der Waals surface area contributed by atoms with Crippen LogP contribution in [-0.2, 0) is 12.8 Å². The molecule has 22 heavy (non-hydrogen) atoms. The van der Waals surface area contributed by atoms with Gasteiger partial charge >= 0.3 is 0 Å². The van der Waals surface area contributed by atoms with Gasteiger partial charge < -0.3 is 4.90 Å². The molecule has 1 aliphatic carbocycles. The average Bonchev–Trinajstić information content (AvgIpc) is 3.00. The van der Waals surface area contributed by atoms with Crippen molar-refractivity contribution < 1.29 is 4.90 Å². The maximum Gasteiger partial charge on any atom is 0.112 e. The highest BCUT2D eigenvalue weighted by molar-refractivity contribution is 5.61. The summed E-state index contributed by atoms with van der Waals surface area (Å²) in [5.74, 6) is 0.871. The Bertz CT molecular complexity index is 663. The first-order valence-electron chi connectivity index (χ1n) is 8.56. The van der Waals surface area contributed by atoms with Crippen molar-refractivity contribution in [2.75, 3.05) is 13.1 Å². The van der Waals surface area contributed by atoms with E-state index in [0.717, 1.165) is 12.3 Å². The molecule has 0 amide bonds. The fraction of sp³-hybridized carbons (Fsp3) is 0.333. The van der Waals surface area contributed by atoms with Crippen LogP contribution in [0.3, 0.4) is 0 Å². The van der Waals surface area contributed by atoms with Crippen LogP contribution < -0.4 is 4.90 Å². The van der Waals surface area contributed by atoms with Gasteiger partial charge in [-0.05, 0) is 29.0 Å². The molecule has 2 aromatic rings. The van der Waals surface area contributed by atoms with Gasteiger partial charge in [0, 0.05) is 25.3 Å². The summed E-state index contributed by atoms with van der Waals surface area (Å²) >= 11 is 0. The van der Waals surface area contributed by atoms with Gasteiger partial charge in [0.15, 0.2) is 0 Å². The molecule has 1 aliphatic heterocycles. The second-order valence-electron chi connectivity index (χ2n) is 6.78. The highest BCUT2D eigenvalue weighted by Crippen LogP contribution is 2.23. The summed E-state index contributed by atoms with van der Waals surface area (Å²) in [6.07, 6.45) is 7.57. The summed E-state index contributed by atoms with van der Waals surface area (Å²) in [5.41, 5.74) is 6.07. The number of allylic oxidation sites excluding steroid dienone is 1. The molecular formula is C21H24N+. The van der Waals surface area contributed by atoms with Crippen molar-refractivity contribution in [1.29, 1.82) is 0 Å². The van der Waals surface area contributed by atoms with E-state index in [2.05, 4.69) is 60.7 Å². The summed E-state index contributed by atoms with van der Waals surface area (Å²) < 4.78 is 0.